The molecule has 0 bridgehead atoms. The van der Waals surface area contributed by atoms with Crippen LogP contribution in [0, 0.1) is 0 Å². The summed E-state index contributed by atoms with van der Waals surface area (Å²) in [4.78, 5) is -3.32. The van der Waals surface area contributed by atoms with Gasteiger partial charge in [0.1, 0.15) is 0 Å². The third kappa shape index (κ3) is 5.09. The van der Waals surface area contributed by atoms with Gasteiger partial charge in [0.25, 0.3) is 30.4 Å². The largest absolute Gasteiger partial charge is 0.294 e. The van der Waals surface area contributed by atoms with Crippen LogP contribution in [0.25, 0.3) is 0 Å². The predicted octanol–water partition coefficient (Wildman–Crippen LogP) is -0.954. The van der Waals surface area contributed by atoms with Crippen molar-refractivity contribution < 1.29 is 38.9 Å². The van der Waals surface area contributed by atoms with Crippen LogP contribution in [0.2, 0.25) is 0 Å². The minimum atomic E-state index is -4.92. The first kappa shape index (κ1) is 18.9. The Balaban J connectivity index is 0.00000324. The monoisotopic (exact) mass is 341 g/mol. The molecule has 0 spiro atoms. The van der Waals surface area contributed by atoms with Crippen molar-refractivity contribution >= 4 is 59.9 Å². The molecule has 0 heterocycles. The zero-order chi connectivity index (χ0) is 14.4. The summed E-state index contributed by atoms with van der Waals surface area (Å²) in [5.74, 6) is 0. The van der Waals surface area contributed by atoms with Crippen molar-refractivity contribution in [2.24, 2.45) is 0 Å². The molecule has 1 radical (unpaired) electrons. The molecule has 0 aliphatic heterocycles. The molecule has 0 saturated heterocycles. The van der Waals surface area contributed by atoms with Crippen molar-refractivity contribution in [2.45, 2.75) is 14.7 Å². The fourth-order valence-corrected chi connectivity index (χ4v) is 2.87. The molecule has 0 saturated carbocycles. The maximum absolute atomic E-state index is 10.8. The Morgan fingerprint density at radius 2 is 0.737 bits per heavy atom. The van der Waals surface area contributed by atoms with Crippen LogP contribution in [0.15, 0.2) is 32.9 Å². The van der Waals surface area contributed by atoms with Crippen LogP contribution in [-0.2, 0) is 30.4 Å². The molecule has 3 N–H and O–H groups in total. The minimum absolute atomic E-state index is 0. The Morgan fingerprint density at radius 3 is 0.842 bits per heavy atom. The van der Waals surface area contributed by atoms with Crippen molar-refractivity contribution in [1.82, 2.24) is 0 Å². The quantitative estimate of drug-likeness (QED) is 0.464. The van der Waals surface area contributed by atoms with Gasteiger partial charge < -0.3 is 0 Å². The molecule has 0 fully saturated rings. The summed E-state index contributed by atoms with van der Waals surface area (Å²) in [7, 11) is -14.8. The van der Waals surface area contributed by atoms with Gasteiger partial charge in [0.15, 0.2) is 0 Å². The van der Waals surface area contributed by atoms with Gasteiger partial charge >= 0.3 is 0 Å². The average Bonchev–Trinajstić information content (AvgIpc) is 2.13. The number of hydrogen-bond donors (Lipinski definition) is 3. The van der Waals surface area contributed by atoms with Crippen LogP contribution >= 0.6 is 0 Å². The first-order valence-corrected chi connectivity index (χ1v) is 8.21. The summed E-state index contributed by atoms with van der Waals surface area (Å²) in [6.07, 6.45) is 0. The van der Waals surface area contributed by atoms with E-state index in [4.69, 9.17) is 13.7 Å². The van der Waals surface area contributed by atoms with Gasteiger partial charge in [0.2, 0.25) is 0 Å². The van der Waals surface area contributed by atoms with Crippen molar-refractivity contribution in [3.05, 3.63) is 18.2 Å². The van der Waals surface area contributed by atoms with Crippen LogP contribution in [0.5, 0.6) is 0 Å². The van der Waals surface area contributed by atoms with Crippen molar-refractivity contribution in [3.63, 3.8) is 0 Å². The van der Waals surface area contributed by atoms with E-state index in [1.54, 1.807) is 0 Å². The van der Waals surface area contributed by atoms with Crippen LogP contribution in [0.1, 0.15) is 0 Å². The molecule has 0 aliphatic carbocycles. The zero-order valence-electron chi connectivity index (χ0n) is 9.25. The molecule has 19 heavy (non-hydrogen) atoms. The molecule has 103 valence electrons. The van der Waals surface area contributed by atoms with E-state index in [1.165, 1.54) is 0 Å². The molecule has 13 heteroatoms. The van der Waals surface area contributed by atoms with E-state index < -0.39 is 45.0 Å². The van der Waals surface area contributed by atoms with Crippen molar-refractivity contribution in [2.75, 3.05) is 0 Å². The summed E-state index contributed by atoms with van der Waals surface area (Å²) in [6.45, 7) is 0. The van der Waals surface area contributed by atoms with E-state index in [9.17, 15) is 25.3 Å². The van der Waals surface area contributed by atoms with Crippen LogP contribution in [0.3, 0.4) is 0 Å². The van der Waals surface area contributed by atoms with E-state index in [1.807, 2.05) is 0 Å². The zero-order valence-corrected chi connectivity index (χ0v) is 13.7. The number of rotatable bonds is 3. The smallest absolute Gasteiger partial charge is 0.282 e. The summed E-state index contributed by atoms with van der Waals surface area (Å²) < 4.78 is 90.8. The third-order valence-electron chi connectivity index (χ3n) is 1.75. The second kappa shape index (κ2) is 5.75. The van der Waals surface area contributed by atoms with E-state index in [-0.39, 0.29) is 29.6 Å². The van der Waals surface area contributed by atoms with Gasteiger partial charge in [0.05, 0.1) is 14.7 Å². The van der Waals surface area contributed by atoms with E-state index in [0.29, 0.717) is 18.2 Å². The standard InChI is InChI=1S/C6H6O9S3.Na/c7-16(8,9)4-1-5(17(10,11)12)3-6(2-4)18(13,14)15;/h1-3H,(H,7,8,9)(H,10,11,12)(H,13,14,15);. The Hall–Kier alpha value is -0.0500. The summed E-state index contributed by atoms with van der Waals surface area (Å²) in [6, 6.07) is 0.998. The summed E-state index contributed by atoms with van der Waals surface area (Å²) in [5.41, 5.74) is 0. The second-order valence-electron chi connectivity index (χ2n) is 3.07. The normalized spacial score (nSPS) is 12.8. The maximum Gasteiger partial charge on any atom is 0.294 e. The fraction of sp³-hybridized carbons (Fsp3) is 0. The molecular formula is C6H6NaO9S3. The molecule has 0 atom stereocenters. The van der Waals surface area contributed by atoms with Crippen LogP contribution < -0.4 is 0 Å². The van der Waals surface area contributed by atoms with Gasteiger partial charge in [-0.1, -0.05) is 0 Å². The molecule has 1 aromatic rings. The van der Waals surface area contributed by atoms with Gasteiger partial charge in [-0.2, -0.15) is 25.3 Å². The minimum Gasteiger partial charge on any atom is -0.282 e. The SMILES string of the molecule is O=S(=O)(O)c1cc(S(=O)(=O)O)cc(S(=O)(=O)O)c1.[Na]. The third-order valence-corrected chi connectivity index (χ3v) is 4.24. The van der Waals surface area contributed by atoms with Crippen molar-refractivity contribution in [1.29, 1.82) is 0 Å². The van der Waals surface area contributed by atoms with Gasteiger partial charge in [-0.3, -0.25) is 13.7 Å². The van der Waals surface area contributed by atoms with Crippen molar-refractivity contribution in [3.8, 4) is 0 Å². The van der Waals surface area contributed by atoms with Gasteiger partial charge in [0, 0.05) is 29.6 Å². The fourth-order valence-electron chi connectivity index (χ4n) is 0.992. The van der Waals surface area contributed by atoms with Gasteiger partial charge in [-0.25, -0.2) is 0 Å². The molecule has 1 aromatic carbocycles. The molecule has 9 nitrogen and oxygen atoms in total. The molecule has 0 amide bonds. The Labute approximate surface area is 131 Å². The van der Waals surface area contributed by atoms with Crippen LogP contribution in [0.4, 0.5) is 0 Å². The molecular weight excluding hydrogens is 335 g/mol. The number of hydrogen-bond acceptors (Lipinski definition) is 6. The van der Waals surface area contributed by atoms with E-state index in [2.05, 4.69) is 0 Å². The number of benzene rings is 1. The van der Waals surface area contributed by atoms with E-state index in [0.717, 1.165) is 0 Å². The molecule has 1 rings (SSSR count). The average molecular weight is 341 g/mol. The molecule has 0 aromatic heterocycles. The van der Waals surface area contributed by atoms with Gasteiger partial charge in [-0.05, 0) is 18.2 Å². The second-order valence-corrected chi connectivity index (χ2v) is 7.33. The van der Waals surface area contributed by atoms with Crippen LogP contribution in [-0.4, -0.2) is 68.5 Å². The first-order valence-electron chi connectivity index (χ1n) is 3.89. The molecule has 0 unspecified atom stereocenters. The summed E-state index contributed by atoms with van der Waals surface area (Å²) in [5, 5.41) is 0. The maximum atomic E-state index is 10.8. The predicted molar refractivity (Wildman–Crippen MR) is 61.6 cm³/mol. The Bertz CT molecular complexity index is 669. The Kier molecular flexibility index (Phi) is 5.73. The summed E-state index contributed by atoms with van der Waals surface area (Å²) >= 11 is 0. The van der Waals surface area contributed by atoms with E-state index >= 15 is 0 Å². The van der Waals surface area contributed by atoms with Gasteiger partial charge in [-0.15, -0.1) is 0 Å². The topological polar surface area (TPSA) is 163 Å². The first-order chi connectivity index (χ1) is 7.82. The molecule has 0 aliphatic rings. The Morgan fingerprint density at radius 1 is 0.579 bits per heavy atom.